The number of carbonyl (C=O) groups excluding carboxylic acids is 2. The second-order valence-electron chi connectivity index (χ2n) is 2.90. The van der Waals surface area contributed by atoms with Gasteiger partial charge < -0.3 is 13.8 Å². The van der Waals surface area contributed by atoms with Crippen LogP contribution in [-0.2, 0) is 36.7 Å². The quantitative estimate of drug-likeness (QED) is 0.365. The molecule has 0 N–H and O–H groups in total. The molecule has 0 aliphatic heterocycles. The van der Waals surface area contributed by atoms with E-state index in [4.69, 9.17) is 0 Å². The molecule has 0 radical (unpaired) electrons. The van der Waals surface area contributed by atoms with Crippen LogP contribution in [0.3, 0.4) is 0 Å². The molecule has 0 saturated carbocycles. The number of hydrogen-bond acceptors (Lipinski definition) is 5. The molecule has 0 bridgehead atoms. The first kappa shape index (κ1) is 14.8. The predicted molar refractivity (Wildman–Crippen MR) is 58.2 cm³/mol. The van der Waals surface area contributed by atoms with Crippen molar-refractivity contribution in [1.29, 1.82) is 0 Å². The minimum absolute atomic E-state index is 0.0376. The van der Waals surface area contributed by atoms with Gasteiger partial charge in [0.05, 0.1) is 25.4 Å². The molecule has 7 heteroatoms. The van der Waals surface area contributed by atoms with E-state index in [1.807, 2.05) is 0 Å². The Morgan fingerprint density at radius 3 is 1.60 bits per heavy atom. The SMILES string of the molecule is C[S+]([O-])CCC(=O)OC(=O)CC[S+](C)[O-]. The Hall–Kier alpha value is -0.240. The van der Waals surface area contributed by atoms with Gasteiger partial charge in [-0.3, -0.25) is 9.59 Å². The highest BCUT2D eigenvalue weighted by Gasteiger charge is 2.14. The van der Waals surface area contributed by atoms with Gasteiger partial charge in [0.1, 0.15) is 11.5 Å². The molecule has 0 spiro atoms. The first-order valence-electron chi connectivity index (χ1n) is 4.25. The summed E-state index contributed by atoms with van der Waals surface area (Å²) < 4.78 is 25.7. The van der Waals surface area contributed by atoms with E-state index in [1.165, 1.54) is 12.5 Å². The van der Waals surface area contributed by atoms with E-state index in [0.717, 1.165) is 0 Å². The van der Waals surface area contributed by atoms with Crippen molar-refractivity contribution in [3.8, 4) is 0 Å². The van der Waals surface area contributed by atoms with Crippen molar-refractivity contribution in [2.24, 2.45) is 0 Å². The average Bonchev–Trinajstić information content (AvgIpc) is 2.11. The summed E-state index contributed by atoms with van der Waals surface area (Å²) in [5, 5.41) is 0. The summed E-state index contributed by atoms with van der Waals surface area (Å²) in [6.07, 6.45) is 2.86. The molecule has 0 amide bonds. The molecule has 2 unspecified atom stereocenters. The summed E-state index contributed by atoms with van der Waals surface area (Å²) in [6.45, 7) is 0. The minimum Gasteiger partial charge on any atom is -0.617 e. The van der Waals surface area contributed by atoms with Crippen LogP contribution < -0.4 is 0 Å². The fourth-order valence-corrected chi connectivity index (χ4v) is 1.59. The first-order valence-corrected chi connectivity index (χ1v) is 7.71. The summed E-state index contributed by atoms with van der Waals surface area (Å²) in [5.41, 5.74) is 0. The molecular formula is C8H14O5S2. The normalized spacial score (nSPS) is 14.4. The van der Waals surface area contributed by atoms with Crippen LogP contribution in [0.15, 0.2) is 0 Å². The molecule has 0 fully saturated rings. The number of rotatable bonds is 6. The lowest BCUT2D eigenvalue weighted by molar-refractivity contribution is -0.159. The third kappa shape index (κ3) is 10.1. The fourth-order valence-electron chi connectivity index (χ4n) is 0.683. The van der Waals surface area contributed by atoms with Gasteiger partial charge in [-0.05, 0) is 0 Å². The van der Waals surface area contributed by atoms with Crippen LogP contribution in [-0.4, -0.2) is 45.1 Å². The van der Waals surface area contributed by atoms with Crippen molar-refractivity contribution >= 4 is 34.3 Å². The molecule has 88 valence electrons. The van der Waals surface area contributed by atoms with Gasteiger partial charge in [0.2, 0.25) is 0 Å². The lowest BCUT2D eigenvalue weighted by atomic mass is 10.5. The molecule has 0 aromatic rings. The summed E-state index contributed by atoms with van der Waals surface area (Å²) in [6, 6.07) is 0. The van der Waals surface area contributed by atoms with Gasteiger partial charge in [-0.25, -0.2) is 0 Å². The molecule has 0 rings (SSSR count). The van der Waals surface area contributed by atoms with Crippen LogP contribution in [0.25, 0.3) is 0 Å². The van der Waals surface area contributed by atoms with Crippen LogP contribution >= 0.6 is 0 Å². The predicted octanol–water partition coefficient (Wildman–Crippen LogP) is -0.407. The standard InChI is InChI=1S/C8H14O5S2/c1-14(11)5-3-7(9)13-8(10)4-6-15(2)12/h3-6H2,1-2H3. The Morgan fingerprint density at radius 1 is 1.00 bits per heavy atom. The van der Waals surface area contributed by atoms with Crippen LogP contribution in [0.4, 0.5) is 0 Å². The largest absolute Gasteiger partial charge is 0.617 e. The van der Waals surface area contributed by atoms with E-state index in [0.29, 0.717) is 0 Å². The van der Waals surface area contributed by atoms with Crippen LogP contribution in [0, 0.1) is 0 Å². The summed E-state index contributed by atoms with van der Waals surface area (Å²) in [7, 11) is 0. The van der Waals surface area contributed by atoms with E-state index in [1.54, 1.807) is 0 Å². The molecule has 5 nitrogen and oxygen atoms in total. The second kappa shape index (κ2) is 7.98. The monoisotopic (exact) mass is 254 g/mol. The highest BCUT2D eigenvalue weighted by atomic mass is 32.2. The number of hydrogen-bond donors (Lipinski definition) is 0. The van der Waals surface area contributed by atoms with Crippen LogP contribution in [0.1, 0.15) is 12.8 Å². The number of ether oxygens (including phenoxy) is 1. The maximum absolute atomic E-state index is 10.9. The van der Waals surface area contributed by atoms with Gasteiger partial charge in [0.25, 0.3) is 0 Å². The number of esters is 2. The van der Waals surface area contributed by atoms with Crippen molar-refractivity contribution in [2.75, 3.05) is 24.0 Å². The molecule has 2 atom stereocenters. The van der Waals surface area contributed by atoms with Gasteiger partial charge >= 0.3 is 11.9 Å². The van der Waals surface area contributed by atoms with Crippen molar-refractivity contribution < 1.29 is 23.4 Å². The molecule has 0 aliphatic carbocycles. The lowest BCUT2D eigenvalue weighted by Crippen LogP contribution is -2.18. The van der Waals surface area contributed by atoms with Gasteiger partial charge in [-0.1, -0.05) is 22.4 Å². The zero-order chi connectivity index (χ0) is 11.8. The van der Waals surface area contributed by atoms with Crippen LogP contribution in [0.5, 0.6) is 0 Å². The maximum atomic E-state index is 10.9. The van der Waals surface area contributed by atoms with Gasteiger partial charge in [0, 0.05) is 0 Å². The van der Waals surface area contributed by atoms with E-state index < -0.39 is 34.3 Å². The summed E-state index contributed by atoms with van der Waals surface area (Å²) in [4.78, 5) is 21.9. The van der Waals surface area contributed by atoms with Crippen molar-refractivity contribution in [3.05, 3.63) is 0 Å². The molecule has 15 heavy (non-hydrogen) atoms. The molecule has 0 aromatic carbocycles. The molecule has 0 heterocycles. The number of carbonyl (C=O) groups is 2. The highest BCUT2D eigenvalue weighted by Crippen LogP contribution is 1.97. The second-order valence-corrected chi connectivity index (χ2v) is 6.01. The van der Waals surface area contributed by atoms with E-state index in [2.05, 4.69) is 4.74 Å². The Kier molecular flexibility index (Phi) is 7.85. The zero-order valence-corrected chi connectivity index (χ0v) is 10.3. The first-order chi connectivity index (χ1) is 6.91. The average molecular weight is 254 g/mol. The summed E-state index contributed by atoms with van der Waals surface area (Å²) in [5.74, 6) is -0.994. The Morgan fingerprint density at radius 2 is 1.33 bits per heavy atom. The van der Waals surface area contributed by atoms with Gasteiger partial charge in [-0.15, -0.1) is 0 Å². The third-order valence-electron chi connectivity index (χ3n) is 1.41. The molecule has 0 aliphatic rings. The highest BCUT2D eigenvalue weighted by molar-refractivity contribution is 7.90. The van der Waals surface area contributed by atoms with E-state index in [9.17, 15) is 18.7 Å². The minimum atomic E-state index is -1.07. The van der Waals surface area contributed by atoms with E-state index in [-0.39, 0.29) is 24.3 Å². The lowest BCUT2D eigenvalue weighted by Gasteiger charge is -2.05. The third-order valence-corrected chi connectivity index (χ3v) is 2.97. The van der Waals surface area contributed by atoms with Crippen molar-refractivity contribution in [1.82, 2.24) is 0 Å². The van der Waals surface area contributed by atoms with Gasteiger partial charge in [-0.2, -0.15) is 0 Å². The maximum Gasteiger partial charge on any atom is 0.318 e. The smallest absolute Gasteiger partial charge is 0.318 e. The molecule has 0 aromatic heterocycles. The van der Waals surface area contributed by atoms with Crippen LogP contribution in [0.2, 0.25) is 0 Å². The Balaban J connectivity index is 3.63. The molecular weight excluding hydrogens is 240 g/mol. The van der Waals surface area contributed by atoms with Gasteiger partial charge in [0.15, 0.2) is 0 Å². The fraction of sp³-hybridized carbons (Fsp3) is 0.750. The Bertz CT molecular complexity index is 195. The molecule has 0 saturated heterocycles. The zero-order valence-electron chi connectivity index (χ0n) is 8.69. The summed E-state index contributed by atoms with van der Waals surface area (Å²) >= 11 is -2.15. The topological polar surface area (TPSA) is 89.5 Å². The Labute approximate surface area is 94.9 Å². The van der Waals surface area contributed by atoms with Crippen molar-refractivity contribution in [2.45, 2.75) is 12.8 Å². The van der Waals surface area contributed by atoms with E-state index >= 15 is 0 Å². The van der Waals surface area contributed by atoms with Crippen molar-refractivity contribution in [3.63, 3.8) is 0 Å².